The number of nitrogens with two attached hydrogens (primary N) is 1. The molecule has 0 unspecified atom stereocenters. The predicted molar refractivity (Wildman–Crippen MR) is 130 cm³/mol. The number of hydrogen-bond donors (Lipinski definition) is 1. The smallest absolute Gasteiger partial charge is 0.250 e. The molecule has 3 aromatic rings. The molecule has 1 aromatic heterocycles. The van der Waals surface area contributed by atoms with Gasteiger partial charge in [-0.2, -0.15) is 0 Å². The van der Waals surface area contributed by atoms with E-state index in [1.165, 1.54) is 10.3 Å². The molecule has 31 heavy (non-hydrogen) atoms. The largest absolute Gasteiger partial charge is 0.366 e. The Hall–Kier alpha value is -2.21. The number of Topliss-reactive ketones (excluding diaryl/α,β-unsaturated/α-hetero) is 1. The molecular formula is C25H29ClN2O2S. The van der Waals surface area contributed by atoms with Gasteiger partial charge in [0.25, 0.3) is 0 Å². The lowest BCUT2D eigenvalue weighted by Crippen LogP contribution is -2.33. The first-order valence-corrected chi connectivity index (χ1v) is 11.4. The van der Waals surface area contributed by atoms with Crippen molar-refractivity contribution in [2.45, 2.75) is 39.7 Å². The molecule has 0 fully saturated rings. The lowest BCUT2D eigenvalue weighted by molar-refractivity contribution is -0.117. The molecule has 2 aromatic carbocycles. The van der Waals surface area contributed by atoms with Crippen LogP contribution in [-0.4, -0.2) is 29.7 Å². The number of rotatable bonds is 7. The highest BCUT2D eigenvalue weighted by Crippen LogP contribution is 2.34. The molecule has 2 heterocycles. The predicted octanol–water partition coefficient (Wildman–Crippen LogP) is 4.79. The third-order valence-corrected chi connectivity index (χ3v) is 6.87. The molecule has 1 aliphatic heterocycles. The summed E-state index contributed by atoms with van der Waals surface area (Å²) in [6, 6.07) is 14.3. The number of benzene rings is 2. The molecule has 0 saturated heterocycles. The number of primary amides is 1. The fourth-order valence-corrected chi connectivity index (χ4v) is 5.84. The fraction of sp³-hybridized carbons (Fsp3) is 0.360. The molecule has 164 valence electrons. The Bertz CT molecular complexity index is 1110. The molecule has 2 N–H and O–H groups in total. The van der Waals surface area contributed by atoms with Gasteiger partial charge in [0, 0.05) is 42.2 Å². The Balaban J connectivity index is 0.00000272. The highest BCUT2D eigenvalue weighted by Gasteiger charge is 2.27. The van der Waals surface area contributed by atoms with E-state index in [4.69, 9.17) is 5.73 Å². The van der Waals surface area contributed by atoms with Crippen LogP contribution in [0.15, 0.2) is 42.5 Å². The average Bonchev–Trinajstić information content (AvgIpc) is 3.04. The van der Waals surface area contributed by atoms with E-state index in [0.29, 0.717) is 17.9 Å². The van der Waals surface area contributed by atoms with Crippen LogP contribution in [-0.2, 0) is 30.6 Å². The molecule has 0 spiro atoms. The van der Waals surface area contributed by atoms with E-state index in [2.05, 4.69) is 43.0 Å². The van der Waals surface area contributed by atoms with Crippen LogP contribution in [0.1, 0.15) is 45.1 Å². The topological polar surface area (TPSA) is 63.4 Å². The van der Waals surface area contributed by atoms with Crippen molar-refractivity contribution in [1.29, 1.82) is 0 Å². The van der Waals surface area contributed by atoms with Crippen molar-refractivity contribution in [3.05, 3.63) is 68.9 Å². The van der Waals surface area contributed by atoms with Gasteiger partial charge in [-0.15, -0.1) is 23.7 Å². The van der Waals surface area contributed by atoms with E-state index in [0.717, 1.165) is 47.4 Å². The van der Waals surface area contributed by atoms with Crippen LogP contribution in [0, 0.1) is 5.92 Å². The Kier molecular flexibility index (Phi) is 7.52. The lowest BCUT2D eigenvalue weighted by Gasteiger charge is -2.28. The molecule has 4 nitrogen and oxygen atoms in total. The minimum absolute atomic E-state index is 0. The molecular weight excluding hydrogens is 428 g/mol. The molecule has 0 aliphatic carbocycles. The zero-order valence-electron chi connectivity index (χ0n) is 18.0. The minimum atomic E-state index is -0.404. The third kappa shape index (κ3) is 5.35. The molecule has 1 amide bonds. The van der Waals surface area contributed by atoms with Gasteiger partial charge in [-0.05, 0) is 34.2 Å². The summed E-state index contributed by atoms with van der Waals surface area (Å²) < 4.78 is 0. The molecule has 0 bridgehead atoms. The van der Waals surface area contributed by atoms with Crippen molar-refractivity contribution in [3.63, 3.8) is 0 Å². The number of halogens is 1. The molecule has 4 rings (SSSR count). The van der Waals surface area contributed by atoms with Gasteiger partial charge in [-0.1, -0.05) is 56.3 Å². The van der Waals surface area contributed by atoms with Crippen molar-refractivity contribution < 1.29 is 9.59 Å². The van der Waals surface area contributed by atoms with Crippen molar-refractivity contribution in [3.8, 4) is 0 Å². The summed E-state index contributed by atoms with van der Waals surface area (Å²) in [6.07, 6.45) is 1.47. The van der Waals surface area contributed by atoms with Gasteiger partial charge < -0.3 is 5.73 Å². The van der Waals surface area contributed by atoms with Gasteiger partial charge in [-0.3, -0.25) is 14.5 Å². The standard InChI is InChI=1S/C25H28N2O2S.ClH/c1-16(2)14-27-10-9-21-23(15-27)30-22(24(21)25(26)29)13-20(28)12-17-7-8-18-5-3-4-6-19(18)11-17;/h3-8,11,16H,9-10,12-15H2,1-2H3,(H2,26,29);1H. The van der Waals surface area contributed by atoms with Gasteiger partial charge in [0.1, 0.15) is 5.78 Å². The van der Waals surface area contributed by atoms with E-state index in [-0.39, 0.29) is 24.6 Å². The second-order valence-corrected chi connectivity index (χ2v) is 9.81. The van der Waals surface area contributed by atoms with Crippen molar-refractivity contribution in [2.24, 2.45) is 11.7 Å². The molecule has 0 radical (unpaired) electrons. The van der Waals surface area contributed by atoms with Crippen LogP contribution < -0.4 is 5.73 Å². The zero-order valence-corrected chi connectivity index (χ0v) is 19.7. The number of nitrogens with zero attached hydrogens (tertiary/aromatic N) is 1. The number of amides is 1. The van der Waals surface area contributed by atoms with E-state index < -0.39 is 5.91 Å². The Morgan fingerprint density at radius 2 is 1.84 bits per heavy atom. The van der Waals surface area contributed by atoms with Crippen molar-refractivity contribution >= 4 is 46.2 Å². The van der Waals surface area contributed by atoms with E-state index in [1.807, 2.05) is 18.2 Å². The Morgan fingerprint density at radius 1 is 1.10 bits per heavy atom. The van der Waals surface area contributed by atoms with Gasteiger partial charge in [-0.25, -0.2) is 0 Å². The molecule has 6 heteroatoms. The van der Waals surface area contributed by atoms with Gasteiger partial charge >= 0.3 is 0 Å². The van der Waals surface area contributed by atoms with E-state index in [9.17, 15) is 9.59 Å². The fourth-order valence-electron chi connectivity index (χ4n) is 4.41. The summed E-state index contributed by atoms with van der Waals surface area (Å²) >= 11 is 1.60. The minimum Gasteiger partial charge on any atom is -0.366 e. The number of thiophene rings is 1. The van der Waals surface area contributed by atoms with E-state index >= 15 is 0 Å². The van der Waals surface area contributed by atoms with Crippen LogP contribution in [0.25, 0.3) is 10.8 Å². The molecule has 1 aliphatic rings. The number of hydrogen-bond acceptors (Lipinski definition) is 4. The van der Waals surface area contributed by atoms with Gasteiger partial charge in [0.15, 0.2) is 0 Å². The molecule has 0 atom stereocenters. The van der Waals surface area contributed by atoms with Crippen LogP contribution >= 0.6 is 23.7 Å². The average molecular weight is 457 g/mol. The van der Waals surface area contributed by atoms with Crippen LogP contribution in [0.3, 0.4) is 0 Å². The first-order chi connectivity index (χ1) is 14.4. The SMILES string of the molecule is CC(C)CN1CCc2c(sc(CC(=O)Cc3ccc4ccccc4c3)c2C(N)=O)C1.Cl. The zero-order chi connectivity index (χ0) is 21.3. The van der Waals surface area contributed by atoms with E-state index in [1.54, 1.807) is 11.3 Å². The third-order valence-electron chi connectivity index (χ3n) is 5.65. The Morgan fingerprint density at radius 3 is 2.55 bits per heavy atom. The first-order valence-electron chi connectivity index (χ1n) is 10.6. The monoisotopic (exact) mass is 456 g/mol. The number of carbonyl (C=O) groups excluding carboxylic acids is 2. The maximum atomic E-state index is 12.9. The second kappa shape index (κ2) is 9.94. The molecule has 0 saturated carbocycles. The summed E-state index contributed by atoms with van der Waals surface area (Å²) in [7, 11) is 0. The number of ketones is 1. The number of carbonyl (C=O) groups is 2. The summed E-state index contributed by atoms with van der Waals surface area (Å²) in [5.74, 6) is 0.314. The van der Waals surface area contributed by atoms with Crippen molar-refractivity contribution in [2.75, 3.05) is 13.1 Å². The van der Waals surface area contributed by atoms with Crippen LogP contribution in [0.4, 0.5) is 0 Å². The van der Waals surface area contributed by atoms with Crippen molar-refractivity contribution in [1.82, 2.24) is 4.90 Å². The quantitative estimate of drug-likeness (QED) is 0.555. The maximum Gasteiger partial charge on any atom is 0.250 e. The highest BCUT2D eigenvalue weighted by atomic mass is 35.5. The van der Waals surface area contributed by atoms with Gasteiger partial charge in [0.05, 0.1) is 5.56 Å². The lowest BCUT2D eigenvalue weighted by atomic mass is 9.97. The number of fused-ring (bicyclic) bond motifs is 2. The van der Waals surface area contributed by atoms with Gasteiger partial charge in [0.2, 0.25) is 5.91 Å². The summed E-state index contributed by atoms with van der Waals surface area (Å²) in [5.41, 5.74) is 8.41. The van der Waals surface area contributed by atoms with Crippen LogP contribution in [0.2, 0.25) is 0 Å². The summed E-state index contributed by atoms with van der Waals surface area (Å²) in [6.45, 7) is 7.26. The summed E-state index contributed by atoms with van der Waals surface area (Å²) in [4.78, 5) is 29.5. The summed E-state index contributed by atoms with van der Waals surface area (Å²) in [5, 5.41) is 2.30. The normalized spacial score (nSPS) is 13.8. The second-order valence-electron chi connectivity index (χ2n) is 8.62. The first kappa shape index (κ1) is 23.5. The highest BCUT2D eigenvalue weighted by molar-refractivity contribution is 7.12. The Labute approximate surface area is 193 Å². The maximum absolute atomic E-state index is 12.9. The van der Waals surface area contributed by atoms with Crippen LogP contribution in [0.5, 0.6) is 0 Å².